The van der Waals surface area contributed by atoms with Crippen LogP contribution in [0.15, 0.2) is 53.3 Å². The third kappa shape index (κ3) is 3.95. The van der Waals surface area contributed by atoms with Gasteiger partial charge in [-0.25, -0.2) is 4.68 Å². The van der Waals surface area contributed by atoms with Gasteiger partial charge >= 0.3 is 0 Å². The smallest absolute Gasteiger partial charge is 0.275 e. The Morgan fingerprint density at radius 1 is 1.07 bits per heavy atom. The molecule has 1 aromatic heterocycles. The summed E-state index contributed by atoms with van der Waals surface area (Å²) in [6.45, 7) is 2.52. The van der Waals surface area contributed by atoms with E-state index in [1.54, 1.807) is 13.2 Å². The lowest BCUT2D eigenvalue weighted by Gasteiger charge is -2.30. The highest BCUT2D eigenvalue weighted by molar-refractivity contribution is 5.83. The monoisotopic (exact) mass is 405 g/mol. The van der Waals surface area contributed by atoms with Gasteiger partial charge in [-0.1, -0.05) is 43.2 Å². The van der Waals surface area contributed by atoms with E-state index in [1.807, 2.05) is 54.3 Å². The van der Waals surface area contributed by atoms with Gasteiger partial charge < -0.3 is 9.64 Å². The number of amides is 1. The zero-order valence-electron chi connectivity index (χ0n) is 17.5. The lowest BCUT2D eigenvalue weighted by atomic mass is 10.0. The first-order chi connectivity index (χ1) is 14.6. The van der Waals surface area contributed by atoms with Gasteiger partial charge in [0.25, 0.3) is 5.56 Å². The first-order valence-electron chi connectivity index (χ1n) is 10.5. The Hall–Kier alpha value is -3.15. The second-order valence-corrected chi connectivity index (χ2v) is 7.82. The summed E-state index contributed by atoms with van der Waals surface area (Å²) >= 11 is 0. The van der Waals surface area contributed by atoms with Crippen molar-refractivity contribution in [1.29, 1.82) is 0 Å². The molecule has 0 saturated carbocycles. The summed E-state index contributed by atoms with van der Waals surface area (Å²) in [6, 6.07) is 15.3. The van der Waals surface area contributed by atoms with Gasteiger partial charge in [-0.3, -0.25) is 9.59 Å². The molecule has 0 N–H and O–H groups in total. The van der Waals surface area contributed by atoms with E-state index in [9.17, 15) is 9.59 Å². The molecule has 2 heterocycles. The highest BCUT2D eigenvalue weighted by Crippen LogP contribution is 2.31. The summed E-state index contributed by atoms with van der Waals surface area (Å²) in [4.78, 5) is 28.2. The molecular formula is C24H27N3O3. The molecule has 0 radical (unpaired) electrons. The van der Waals surface area contributed by atoms with E-state index in [-0.39, 0.29) is 24.1 Å². The van der Waals surface area contributed by atoms with Crippen LogP contribution >= 0.6 is 0 Å². The van der Waals surface area contributed by atoms with E-state index in [4.69, 9.17) is 4.74 Å². The van der Waals surface area contributed by atoms with Crippen LogP contribution in [-0.4, -0.2) is 34.2 Å². The Morgan fingerprint density at radius 2 is 1.80 bits per heavy atom. The van der Waals surface area contributed by atoms with Crippen LogP contribution in [0.1, 0.15) is 43.0 Å². The first kappa shape index (κ1) is 20.1. The molecule has 1 saturated heterocycles. The summed E-state index contributed by atoms with van der Waals surface area (Å²) in [7, 11) is 1.65. The molecule has 2 aromatic carbocycles. The number of methoxy groups -OCH3 is 1. The molecule has 30 heavy (non-hydrogen) atoms. The highest BCUT2D eigenvalue weighted by Gasteiger charge is 2.27. The SMILES string of the molecule is COc1ccc(C2CCCCCN2C(=O)Cn2nc(C)c3ccccc3c2=O)cc1. The number of rotatable bonds is 4. The molecule has 6 nitrogen and oxygen atoms in total. The maximum atomic E-state index is 13.3. The van der Waals surface area contributed by atoms with Crippen molar-refractivity contribution in [3.63, 3.8) is 0 Å². The average molecular weight is 405 g/mol. The molecule has 6 heteroatoms. The number of nitrogens with zero attached hydrogens (tertiary/aromatic N) is 3. The first-order valence-corrected chi connectivity index (χ1v) is 10.5. The van der Waals surface area contributed by atoms with Crippen molar-refractivity contribution in [2.75, 3.05) is 13.7 Å². The van der Waals surface area contributed by atoms with Crippen molar-refractivity contribution in [3.05, 3.63) is 70.1 Å². The predicted octanol–water partition coefficient (Wildman–Crippen LogP) is 3.86. The Kier molecular flexibility index (Phi) is 5.84. The molecule has 1 aliphatic rings. The van der Waals surface area contributed by atoms with Crippen LogP contribution in [-0.2, 0) is 11.3 Å². The number of carbonyl (C=O) groups excluding carboxylic acids is 1. The fourth-order valence-corrected chi connectivity index (χ4v) is 4.31. The van der Waals surface area contributed by atoms with E-state index < -0.39 is 0 Å². The van der Waals surface area contributed by atoms with Crippen LogP contribution < -0.4 is 10.3 Å². The second-order valence-electron chi connectivity index (χ2n) is 7.82. The molecular weight excluding hydrogens is 378 g/mol. The molecule has 0 aliphatic carbocycles. The number of likely N-dealkylation sites (tertiary alicyclic amines) is 1. The van der Waals surface area contributed by atoms with Crippen molar-refractivity contribution in [3.8, 4) is 5.75 Å². The van der Waals surface area contributed by atoms with Gasteiger partial charge in [0.15, 0.2) is 0 Å². The van der Waals surface area contributed by atoms with Gasteiger partial charge in [0.1, 0.15) is 12.3 Å². The number of aryl methyl sites for hydroxylation is 1. The second kappa shape index (κ2) is 8.69. The van der Waals surface area contributed by atoms with E-state index in [0.717, 1.165) is 48.1 Å². The number of aromatic nitrogens is 2. The Morgan fingerprint density at radius 3 is 2.53 bits per heavy atom. The quantitative estimate of drug-likeness (QED) is 0.661. The lowest BCUT2D eigenvalue weighted by molar-refractivity contribution is -0.134. The summed E-state index contributed by atoms with van der Waals surface area (Å²) in [5.41, 5.74) is 1.63. The number of ether oxygens (including phenoxy) is 1. The molecule has 1 amide bonds. The van der Waals surface area contributed by atoms with E-state index in [2.05, 4.69) is 5.10 Å². The molecule has 1 atom stereocenters. The van der Waals surface area contributed by atoms with Crippen molar-refractivity contribution < 1.29 is 9.53 Å². The van der Waals surface area contributed by atoms with Crippen LogP contribution in [0.3, 0.4) is 0 Å². The molecule has 4 rings (SSSR count). The van der Waals surface area contributed by atoms with E-state index in [0.29, 0.717) is 11.9 Å². The summed E-state index contributed by atoms with van der Waals surface area (Å²) < 4.78 is 6.58. The third-order valence-electron chi connectivity index (χ3n) is 5.91. The Labute approximate surface area is 176 Å². The number of carbonyl (C=O) groups is 1. The molecule has 1 unspecified atom stereocenters. The molecule has 3 aromatic rings. The zero-order valence-corrected chi connectivity index (χ0v) is 17.5. The topological polar surface area (TPSA) is 64.4 Å². The van der Waals surface area contributed by atoms with Crippen LogP contribution in [0.25, 0.3) is 10.8 Å². The van der Waals surface area contributed by atoms with Crippen LogP contribution in [0.4, 0.5) is 0 Å². The summed E-state index contributed by atoms with van der Waals surface area (Å²) in [5.74, 6) is 0.731. The summed E-state index contributed by atoms with van der Waals surface area (Å²) in [5, 5.41) is 5.85. The van der Waals surface area contributed by atoms with E-state index >= 15 is 0 Å². The number of fused-ring (bicyclic) bond motifs is 1. The van der Waals surface area contributed by atoms with Crippen molar-refractivity contribution in [2.45, 2.75) is 45.2 Å². The summed E-state index contributed by atoms with van der Waals surface area (Å²) in [6.07, 6.45) is 4.06. The minimum atomic E-state index is -0.222. The third-order valence-corrected chi connectivity index (χ3v) is 5.91. The molecule has 156 valence electrons. The maximum absolute atomic E-state index is 13.3. The van der Waals surface area contributed by atoms with Gasteiger partial charge in [0.05, 0.1) is 24.2 Å². The number of hydrogen-bond donors (Lipinski definition) is 0. The minimum Gasteiger partial charge on any atom is -0.497 e. The van der Waals surface area contributed by atoms with Crippen LogP contribution in [0, 0.1) is 6.92 Å². The van der Waals surface area contributed by atoms with Crippen molar-refractivity contribution in [2.24, 2.45) is 0 Å². The minimum absolute atomic E-state index is 0.00293. The maximum Gasteiger partial charge on any atom is 0.275 e. The van der Waals surface area contributed by atoms with Gasteiger partial charge in [-0.05, 0) is 43.5 Å². The van der Waals surface area contributed by atoms with Crippen LogP contribution in [0.2, 0.25) is 0 Å². The molecule has 0 bridgehead atoms. The van der Waals surface area contributed by atoms with Crippen molar-refractivity contribution in [1.82, 2.24) is 14.7 Å². The average Bonchev–Trinajstić information content (AvgIpc) is 3.03. The molecule has 0 spiro atoms. The Bertz CT molecular complexity index is 1100. The largest absolute Gasteiger partial charge is 0.497 e. The van der Waals surface area contributed by atoms with Gasteiger partial charge in [-0.2, -0.15) is 5.10 Å². The van der Waals surface area contributed by atoms with Gasteiger partial charge in [0, 0.05) is 11.9 Å². The van der Waals surface area contributed by atoms with E-state index in [1.165, 1.54) is 4.68 Å². The standard InChI is InChI=1S/C24H27N3O3/c1-17-20-8-5-6-9-21(20)24(29)27(25-17)16-23(28)26-15-7-3-4-10-22(26)18-11-13-19(30-2)14-12-18/h5-6,8-9,11-14,22H,3-4,7,10,15-16H2,1-2H3. The number of benzene rings is 2. The lowest BCUT2D eigenvalue weighted by Crippen LogP contribution is -2.39. The van der Waals surface area contributed by atoms with Gasteiger partial charge in [0.2, 0.25) is 5.91 Å². The number of hydrogen-bond acceptors (Lipinski definition) is 4. The van der Waals surface area contributed by atoms with Crippen LogP contribution in [0.5, 0.6) is 5.75 Å². The fourth-order valence-electron chi connectivity index (χ4n) is 4.31. The van der Waals surface area contributed by atoms with Gasteiger partial charge in [-0.15, -0.1) is 0 Å². The Balaban J connectivity index is 1.64. The highest BCUT2D eigenvalue weighted by atomic mass is 16.5. The molecule has 1 aliphatic heterocycles. The normalized spacial score (nSPS) is 17.0. The zero-order chi connectivity index (χ0) is 21.1. The fraction of sp³-hybridized carbons (Fsp3) is 0.375. The molecule has 1 fully saturated rings. The predicted molar refractivity (Wildman–Crippen MR) is 117 cm³/mol. The van der Waals surface area contributed by atoms with Crippen molar-refractivity contribution >= 4 is 16.7 Å².